The number of phenolic OH excluding ortho intramolecular Hbond substituents is 3. The van der Waals surface area contributed by atoms with Gasteiger partial charge in [-0.1, -0.05) is 0 Å². The Morgan fingerprint density at radius 3 is 2.28 bits per heavy atom. The number of carbonyl (C=O) groups excluding carboxylic acids is 2. The Balaban J connectivity index is 2.25. The van der Waals surface area contributed by atoms with Crippen LogP contribution in [0.4, 0.5) is 5.69 Å². The predicted molar refractivity (Wildman–Crippen MR) is 91.6 cm³/mol. The van der Waals surface area contributed by atoms with E-state index < -0.39 is 17.3 Å². The summed E-state index contributed by atoms with van der Waals surface area (Å²) in [5, 5.41) is 33.3. The zero-order chi connectivity index (χ0) is 18.3. The quantitative estimate of drug-likeness (QED) is 0.276. The third kappa shape index (κ3) is 2.58. The lowest BCUT2D eigenvalue weighted by Crippen LogP contribution is -2.23. The monoisotopic (exact) mass is 342 g/mol. The molecule has 1 aliphatic carbocycles. The first-order valence-corrected chi connectivity index (χ1v) is 7.82. The van der Waals surface area contributed by atoms with Crippen LogP contribution in [0, 0.1) is 6.92 Å². The maximum absolute atomic E-state index is 13.0. The van der Waals surface area contributed by atoms with Crippen molar-refractivity contribution in [2.24, 2.45) is 5.73 Å². The van der Waals surface area contributed by atoms with Crippen LogP contribution in [-0.2, 0) is 0 Å². The summed E-state index contributed by atoms with van der Waals surface area (Å²) < 4.78 is 0. The first-order valence-electron chi connectivity index (χ1n) is 7.82. The highest BCUT2D eigenvalue weighted by Gasteiger charge is 2.37. The van der Waals surface area contributed by atoms with Gasteiger partial charge in [0.1, 0.15) is 17.2 Å². The number of anilines is 1. The van der Waals surface area contributed by atoms with E-state index in [2.05, 4.69) is 5.32 Å². The van der Waals surface area contributed by atoms with Crippen molar-refractivity contribution in [3.8, 4) is 17.2 Å². The number of aryl methyl sites for hydroxylation is 1. The van der Waals surface area contributed by atoms with Gasteiger partial charge in [-0.2, -0.15) is 0 Å². The summed E-state index contributed by atoms with van der Waals surface area (Å²) in [7, 11) is 0. The third-order valence-electron chi connectivity index (χ3n) is 4.16. The fraction of sp³-hybridized carbons (Fsp3) is 0.222. The molecule has 2 aromatic rings. The Hall–Kier alpha value is -3.06. The van der Waals surface area contributed by atoms with Crippen molar-refractivity contribution in [3.05, 3.63) is 46.0 Å². The normalized spacial score (nSPS) is 12.7. The van der Waals surface area contributed by atoms with Gasteiger partial charge in [-0.25, -0.2) is 0 Å². The molecular weight excluding hydrogens is 324 g/mol. The number of aromatic hydroxyl groups is 3. The number of fused-ring (bicyclic) bond motifs is 2. The van der Waals surface area contributed by atoms with Crippen molar-refractivity contribution in [1.29, 1.82) is 0 Å². The summed E-state index contributed by atoms with van der Waals surface area (Å²) in [6.45, 7) is 2.49. The largest absolute Gasteiger partial charge is 0.507 e. The van der Waals surface area contributed by atoms with E-state index in [-0.39, 0.29) is 39.4 Å². The SMILES string of the molecule is Cc1cc(O)c2c(c1)C(=O)c1c(NCCCN)c(O)cc(O)c1C2=O. The summed E-state index contributed by atoms with van der Waals surface area (Å²) in [4.78, 5) is 25.8. The van der Waals surface area contributed by atoms with Gasteiger partial charge < -0.3 is 26.4 Å². The van der Waals surface area contributed by atoms with Crippen LogP contribution in [-0.4, -0.2) is 40.0 Å². The molecule has 6 N–H and O–H groups in total. The molecule has 2 aromatic carbocycles. The number of ketones is 2. The Kier molecular flexibility index (Phi) is 4.10. The molecule has 130 valence electrons. The topological polar surface area (TPSA) is 133 Å². The van der Waals surface area contributed by atoms with Gasteiger partial charge in [0.15, 0.2) is 5.78 Å². The van der Waals surface area contributed by atoms with E-state index in [1.54, 1.807) is 6.92 Å². The number of hydrogen-bond donors (Lipinski definition) is 5. The van der Waals surface area contributed by atoms with Gasteiger partial charge in [0, 0.05) is 18.2 Å². The highest BCUT2D eigenvalue weighted by molar-refractivity contribution is 6.32. The highest BCUT2D eigenvalue weighted by atomic mass is 16.3. The minimum absolute atomic E-state index is 0.0434. The molecule has 0 fully saturated rings. The van der Waals surface area contributed by atoms with Gasteiger partial charge >= 0.3 is 0 Å². The molecule has 0 spiro atoms. The molecule has 0 saturated carbocycles. The zero-order valence-corrected chi connectivity index (χ0v) is 13.6. The smallest absolute Gasteiger partial charge is 0.202 e. The molecule has 0 aliphatic heterocycles. The van der Waals surface area contributed by atoms with E-state index >= 15 is 0 Å². The van der Waals surface area contributed by atoms with Gasteiger partial charge in [-0.05, 0) is 37.6 Å². The number of nitrogens with two attached hydrogens (primary N) is 1. The minimum Gasteiger partial charge on any atom is -0.507 e. The van der Waals surface area contributed by atoms with Crippen LogP contribution in [0.5, 0.6) is 17.2 Å². The lowest BCUT2D eigenvalue weighted by atomic mass is 9.81. The van der Waals surface area contributed by atoms with E-state index in [4.69, 9.17) is 5.73 Å². The number of carbonyl (C=O) groups is 2. The first kappa shape index (κ1) is 16.8. The fourth-order valence-electron chi connectivity index (χ4n) is 3.05. The summed E-state index contributed by atoms with van der Waals surface area (Å²) in [6, 6.07) is 3.89. The first-order chi connectivity index (χ1) is 11.9. The number of rotatable bonds is 4. The van der Waals surface area contributed by atoms with Crippen molar-refractivity contribution in [1.82, 2.24) is 0 Å². The predicted octanol–water partition coefficient (Wildman–Crippen LogP) is 1.65. The molecule has 7 heteroatoms. The van der Waals surface area contributed by atoms with Gasteiger partial charge in [0.25, 0.3) is 0 Å². The number of benzene rings is 2. The summed E-state index contributed by atoms with van der Waals surface area (Å²) in [5.74, 6) is -2.38. The van der Waals surface area contributed by atoms with Crippen molar-refractivity contribution in [2.45, 2.75) is 13.3 Å². The number of phenols is 3. The summed E-state index contributed by atoms with van der Waals surface area (Å²) >= 11 is 0. The van der Waals surface area contributed by atoms with Crippen LogP contribution in [0.1, 0.15) is 43.8 Å². The average Bonchev–Trinajstić information content (AvgIpc) is 2.53. The van der Waals surface area contributed by atoms with Crippen LogP contribution < -0.4 is 11.1 Å². The maximum atomic E-state index is 13.0. The van der Waals surface area contributed by atoms with Gasteiger partial charge in [0.2, 0.25) is 5.78 Å². The Bertz CT molecular complexity index is 905. The lowest BCUT2D eigenvalue weighted by molar-refractivity contribution is 0.0974. The molecule has 3 rings (SSSR count). The summed E-state index contributed by atoms with van der Waals surface area (Å²) in [6.07, 6.45) is 0.591. The van der Waals surface area contributed by atoms with Crippen molar-refractivity contribution in [3.63, 3.8) is 0 Å². The molecule has 0 radical (unpaired) electrons. The van der Waals surface area contributed by atoms with Gasteiger partial charge in [-0.15, -0.1) is 0 Å². The molecule has 0 aromatic heterocycles. The molecule has 0 heterocycles. The second-order valence-corrected chi connectivity index (χ2v) is 5.97. The van der Waals surface area contributed by atoms with Crippen LogP contribution in [0.2, 0.25) is 0 Å². The molecule has 7 nitrogen and oxygen atoms in total. The molecule has 0 unspecified atom stereocenters. The molecule has 1 aliphatic rings. The average molecular weight is 342 g/mol. The molecule has 0 atom stereocenters. The number of hydrogen-bond acceptors (Lipinski definition) is 7. The van der Waals surface area contributed by atoms with Crippen LogP contribution in [0.3, 0.4) is 0 Å². The van der Waals surface area contributed by atoms with Crippen LogP contribution >= 0.6 is 0 Å². The molecule has 0 amide bonds. The fourth-order valence-corrected chi connectivity index (χ4v) is 3.05. The molecular formula is C18H18N2O5. The lowest BCUT2D eigenvalue weighted by Gasteiger charge is -2.23. The van der Waals surface area contributed by atoms with Crippen LogP contribution in [0.15, 0.2) is 18.2 Å². The van der Waals surface area contributed by atoms with E-state index in [9.17, 15) is 24.9 Å². The van der Waals surface area contributed by atoms with Gasteiger partial charge in [-0.3, -0.25) is 9.59 Å². The molecule has 25 heavy (non-hydrogen) atoms. The van der Waals surface area contributed by atoms with Crippen molar-refractivity contribution >= 4 is 17.3 Å². The standard InChI is InChI=1S/C18H18N2O5/c1-8-5-9-13(10(21)6-8)18(25)14-11(22)7-12(23)16(15(14)17(9)24)20-4-2-3-19/h5-7,20-23H,2-4,19H2,1H3. The maximum Gasteiger partial charge on any atom is 0.202 e. The molecule has 0 saturated heterocycles. The van der Waals surface area contributed by atoms with E-state index in [1.165, 1.54) is 12.1 Å². The molecule has 0 bridgehead atoms. The Labute approximate surface area is 143 Å². The highest BCUT2D eigenvalue weighted by Crippen LogP contribution is 2.44. The Morgan fingerprint density at radius 2 is 1.60 bits per heavy atom. The minimum atomic E-state index is -0.665. The zero-order valence-electron chi connectivity index (χ0n) is 13.6. The number of nitrogens with one attached hydrogen (secondary N) is 1. The second kappa shape index (κ2) is 6.10. The van der Waals surface area contributed by atoms with Crippen LogP contribution in [0.25, 0.3) is 0 Å². The summed E-state index contributed by atoms with van der Waals surface area (Å²) in [5.41, 5.74) is 5.71. The third-order valence-corrected chi connectivity index (χ3v) is 4.16. The second-order valence-electron chi connectivity index (χ2n) is 5.97. The van der Waals surface area contributed by atoms with Crippen molar-refractivity contribution in [2.75, 3.05) is 18.4 Å². The van der Waals surface area contributed by atoms with E-state index in [0.29, 0.717) is 25.1 Å². The van der Waals surface area contributed by atoms with E-state index in [0.717, 1.165) is 6.07 Å². The Morgan fingerprint density at radius 1 is 0.920 bits per heavy atom. The van der Waals surface area contributed by atoms with Crippen molar-refractivity contribution < 1.29 is 24.9 Å². The van der Waals surface area contributed by atoms with E-state index in [1.807, 2.05) is 0 Å². The van der Waals surface area contributed by atoms with Gasteiger partial charge in [0.05, 0.1) is 22.4 Å².